The van der Waals surface area contributed by atoms with Crippen molar-refractivity contribution in [1.29, 1.82) is 0 Å². The normalized spacial score (nSPS) is 14.7. The molecule has 38 heavy (non-hydrogen) atoms. The van der Waals surface area contributed by atoms with Gasteiger partial charge in [0.1, 0.15) is 17.2 Å². The second kappa shape index (κ2) is 12.5. The molecule has 204 valence electrons. The molecule has 0 saturated carbocycles. The van der Waals surface area contributed by atoms with Crippen LogP contribution in [0.15, 0.2) is 53.5 Å². The molecule has 1 aliphatic rings. The van der Waals surface area contributed by atoms with E-state index in [1.54, 1.807) is 33.8 Å². The van der Waals surface area contributed by atoms with E-state index < -0.39 is 0 Å². The lowest BCUT2D eigenvalue weighted by Crippen LogP contribution is -2.39. The van der Waals surface area contributed by atoms with Crippen molar-refractivity contribution in [2.24, 2.45) is 7.05 Å². The third kappa shape index (κ3) is 6.12. The number of nitrogens with one attached hydrogen (secondary N) is 1. The van der Waals surface area contributed by atoms with E-state index in [2.05, 4.69) is 20.3 Å². The molecule has 4 aromatic rings. The smallest absolute Gasteiger partial charge is 0.280 e. The minimum absolute atomic E-state index is 0.0117. The molecule has 1 atom stereocenters. The zero-order valence-electron chi connectivity index (χ0n) is 23.3. The molecule has 10 heteroatoms. The fourth-order valence-electron chi connectivity index (χ4n) is 4.48. The number of halogens is 1. The standard InChI is InChI=1S/C20H27N7O2.C6H5F.C2H6/c1-12(2)27-20(29)18(14(4)24(27)5)19(28)22-15-8-9-25(11-15)17-7-6-16-21-10-13(3)26(16)23-17;7-6-4-2-1-3-5-6;1-2/h6-7,10,12,15H,8-9,11H2,1-5H3,(H,22,28);1-5H;1-2H3/t15-;;/m0../s1. The van der Waals surface area contributed by atoms with Gasteiger partial charge in [0.15, 0.2) is 5.65 Å². The zero-order valence-corrected chi connectivity index (χ0v) is 23.3. The van der Waals surface area contributed by atoms with Crippen molar-refractivity contribution in [2.45, 2.75) is 60.0 Å². The Labute approximate surface area is 222 Å². The van der Waals surface area contributed by atoms with Crippen molar-refractivity contribution in [2.75, 3.05) is 18.0 Å². The van der Waals surface area contributed by atoms with Crippen LogP contribution in [-0.4, -0.2) is 49.0 Å². The second-order valence-electron chi connectivity index (χ2n) is 9.29. The lowest BCUT2D eigenvalue weighted by atomic mass is 10.2. The lowest BCUT2D eigenvalue weighted by molar-refractivity contribution is 0.0938. The number of nitrogens with zero attached hydrogens (tertiary/aromatic N) is 6. The number of benzene rings is 1. The summed E-state index contributed by atoms with van der Waals surface area (Å²) in [4.78, 5) is 32.1. The highest BCUT2D eigenvalue weighted by Gasteiger charge is 2.29. The Morgan fingerprint density at radius 1 is 1.11 bits per heavy atom. The summed E-state index contributed by atoms with van der Waals surface area (Å²) in [6.07, 6.45) is 2.60. The van der Waals surface area contributed by atoms with Gasteiger partial charge in [-0.1, -0.05) is 32.0 Å². The maximum Gasteiger partial charge on any atom is 0.280 e. The molecule has 9 nitrogen and oxygen atoms in total. The molecule has 1 N–H and O–H groups in total. The van der Waals surface area contributed by atoms with E-state index in [-0.39, 0.29) is 34.9 Å². The van der Waals surface area contributed by atoms with Crippen molar-refractivity contribution in [3.05, 3.63) is 81.8 Å². The number of aryl methyl sites for hydroxylation is 1. The number of anilines is 1. The summed E-state index contributed by atoms with van der Waals surface area (Å²) in [5, 5.41) is 7.71. The topological polar surface area (TPSA) is 89.5 Å². The van der Waals surface area contributed by atoms with Gasteiger partial charge in [0, 0.05) is 37.9 Å². The van der Waals surface area contributed by atoms with E-state index in [0.29, 0.717) is 12.2 Å². The fourth-order valence-corrected chi connectivity index (χ4v) is 4.48. The number of fused-ring (bicyclic) bond motifs is 1. The van der Waals surface area contributed by atoms with Crippen molar-refractivity contribution in [3.63, 3.8) is 0 Å². The van der Waals surface area contributed by atoms with Crippen molar-refractivity contribution in [3.8, 4) is 0 Å². The largest absolute Gasteiger partial charge is 0.353 e. The van der Waals surface area contributed by atoms with E-state index in [9.17, 15) is 14.0 Å². The van der Waals surface area contributed by atoms with E-state index in [4.69, 9.17) is 0 Å². The first-order valence-corrected chi connectivity index (χ1v) is 13.0. The molecule has 1 aromatic carbocycles. The van der Waals surface area contributed by atoms with Crippen molar-refractivity contribution < 1.29 is 9.18 Å². The molecule has 3 aromatic heterocycles. The molecule has 5 rings (SSSR count). The summed E-state index contributed by atoms with van der Waals surface area (Å²) in [5.41, 5.74) is 2.46. The SMILES string of the molecule is CC.Cc1c(C(=O)N[C@H]2CCN(c3ccc4ncc(C)n4n3)C2)c(=O)n(C(C)C)n1C.Fc1ccccc1. The molecule has 1 amide bonds. The maximum atomic E-state index is 12.9. The Kier molecular flexibility index (Phi) is 9.44. The third-order valence-electron chi connectivity index (χ3n) is 6.41. The van der Waals surface area contributed by atoms with Crippen LogP contribution in [0.25, 0.3) is 5.65 Å². The molecular formula is C28H38FN7O2. The third-order valence-corrected chi connectivity index (χ3v) is 6.41. The zero-order chi connectivity index (χ0) is 28.0. The first kappa shape index (κ1) is 28.6. The molecule has 0 radical (unpaired) electrons. The number of hydrogen-bond donors (Lipinski definition) is 1. The van der Waals surface area contributed by atoms with Crippen LogP contribution in [-0.2, 0) is 7.05 Å². The fraction of sp³-hybridized carbons (Fsp3) is 0.429. The Morgan fingerprint density at radius 2 is 1.79 bits per heavy atom. The van der Waals surface area contributed by atoms with Crippen LogP contribution >= 0.6 is 0 Å². The van der Waals surface area contributed by atoms with Crippen LogP contribution in [0.5, 0.6) is 0 Å². The quantitative estimate of drug-likeness (QED) is 0.431. The predicted octanol–water partition coefficient (Wildman–Crippen LogP) is 4.29. The Balaban J connectivity index is 0.000000381. The van der Waals surface area contributed by atoms with Crippen LogP contribution in [0.1, 0.15) is 61.9 Å². The van der Waals surface area contributed by atoms with Gasteiger partial charge in [0.2, 0.25) is 0 Å². The van der Waals surface area contributed by atoms with Crippen LogP contribution in [0.4, 0.5) is 10.2 Å². The number of aromatic nitrogens is 5. The average Bonchev–Trinajstić information content (AvgIpc) is 3.57. The number of hydrogen-bond acceptors (Lipinski definition) is 5. The molecule has 0 unspecified atom stereocenters. The van der Waals surface area contributed by atoms with Gasteiger partial charge in [-0.25, -0.2) is 18.6 Å². The van der Waals surface area contributed by atoms with Crippen LogP contribution in [0, 0.1) is 19.7 Å². The first-order valence-electron chi connectivity index (χ1n) is 13.0. The molecular weight excluding hydrogens is 485 g/mol. The molecule has 1 fully saturated rings. The summed E-state index contributed by atoms with van der Waals surface area (Å²) >= 11 is 0. The van der Waals surface area contributed by atoms with Crippen LogP contribution in [0.3, 0.4) is 0 Å². The highest BCUT2D eigenvalue weighted by atomic mass is 19.1. The Bertz CT molecular complexity index is 1420. The van der Waals surface area contributed by atoms with Gasteiger partial charge in [-0.15, -0.1) is 5.10 Å². The molecule has 1 aliphatic heterocycles. The monoisotopic (exact) mass is 523 g/mol. The highest BCUT2D eigenvalue weighted by molar-refractivity contribution is 5.95. The van der Waals surface area contributed by atoms with Crippen LogP contribution < -0.4 is 15.8 Å². The van der Waals surface area contributed by atoms with Gasteiger partial charge < -0.3 is 10.2 Å². The highest BCUT2D eigenvalue weighted by Crippen LogP contribution is 2.19. The summed E-state index contributed by atoms with van der Waals surface area (Å²) < 4.78 is 17.1. The van der Waals surface area contributed by atoms with Gasteiger partial charge in [-0.05, 0) is 58.4 Å². The number of carbonyl (C=O) groups is 1. The average molecular weight is 524 g/mol. The predicted molar refractivity (Wildman–Crippen MR) is 148 cm³/mol. The second-order valence-corrected chi connectivity index (χ2v) is 9.29. The first-order chi connectivity index (χ1) is 18.2. The van der Waals surface area contributed by atoms with Gasteiger partial charge in [0.25, 0.3) is 11.5 Å². The van der Waals surface area contributed by atoms with Crippen LogP contribution in [0.2, 0.25) is 0 Å². The van der Waals surface area contributed by atoms with Gasteiger partial charge in [-0.2, -0.15) is 0 Å². The maximum absolute atomic E-state index is 12.9. The minimum Gasteiger partial charge on any atom is -0.353 e. The molecule has 0 spiro atoms. The van der Waals surface area contributed by atoms with Crippen molar-refractivity contribution in [1.82, 2.24) is 29.3 Å². The summed E-state index contributed by atoms with van der Waals surface area (Å²) in [6.45, 7) is 13.1. The Morgan fingerprint density at radius 3 is 2.37 bits per heavy atom. The summed E-state index contributed by atoms with van der Waals surface area (Å²) in [7, 11) is 1.81. The number of imidazole rings is 1. The Hall–Kier alpha value is -3.95. The van der Waals surface area contributed by atoms with Gasteiger partial charge in [-0.3, -0.25) is 14.3 Å². The number of amides is 1. The molecule has 4 heterocycles. The van der Waals surface area contributed by atoms with E-state index >= 15 is 0 Å². The number of carbonyl (C=O) groups excluding carboxylic acids is 1. The molecule has 1 saturated heterocycles. The van der Waals surface area contributed by atoms with E-state index in [0.717, 1.165) is 30.1 Å². The summed E-state index contributed by atoms with van der Waals surface area (Å²) in [5.74, 6) is 0.374. The minimum atomic E-state index is -0.303. The summed E-state index contributed by atoms with van der Waals surface area (Å²) in [6, 6.07) is 11.8. The van der Waals surface area contributed by atoms with E-state index in [1.807, 2.05) is 65.2 Å². The van der Waals surface area contributed by atoms with E-state index in [1.165, 1.54) is 12.1 Å². The molecule has 0 aliphatic carbocycles. The van der Waals surface area contributed by atoms with Crippen molar-refractivity contribution >= 4 is 17.4 Å². The number of rotatable bonds is 4. The van der Waals surface area contributed by atoms with Gasteiger partial charge in [0.05, 0.1) is 11.9 Å². The van der Waals surface area contributed by atoms with Gasteiger partial charge >= 0.3 is 0 Å². The lowest BCUT2D eigenvalue weighted by Gasteiger charge is -2.18. The molecule has 0 bridgehead atoms.